The Morgan fingerprint density at radius 2 is 1.01 bits per heavy atom. The van der Waals surface area contributed by atoms with E-state index < -0.39 is 58.2 Å². The Labute approximate surface area is 399 Å². The second kappa shape index (κ2) is 20.6. The summed E-state index contributed by atoms with van der Waals surface area (Å²) in [7, 11) is -16.6. The van der Waals surface area contributed by atoms with Crippen molar-refractivity contribution in [3.05, 3.63) is 196 Å². The largest absolute Gasteiger partial charge is 0.550 e. The van der Waals surface area contributed by atoms with Gasteiger partial charge in [0.15, 0.2) is 17.3 Å². The van der Waals surface area contributed by atoms with Gasteiger partial charge < -0.3 is 33.8 Å². The Balaban J connectivity index is 1.21. The summed E-state index contributed by atoms with van der Waals surface area (Å²) in [6.45, 7) is 3.65. The second-order valence-corrected chi connectivity index (χ2v) is 21.7. The second-order valence-electron chi connectivity index (χ2n) is 15.7. The van der Waals surface area contributed by atoms with Crippen LogP contribution in [-0.2, 0) is 33.0 Å². The van der Waals surface area contributed by atoms with Crippen LogP contribution in [0.3, 0.4) is 0 Å². The van der Waals surface area contributed by atoms with Crippen molar-refractivity contribution in [3.63, 3.8) is 0 Å². The molecule has 0 aliphatic carbocycles. The van der Waals surface area contributed by atoms with E-state index in [4.69, 9.17) is 19.5 Å². The normalized spacial score (nSPS) is 14.3. The molecule has 0 fully saturated rings. The molecule has 0 saturated heterocycles. The number of carbonyl (C=O) groups is 2. The van der Waals surface area contributed by atoms with Crippen LogP contribution in [0.5, 0.6) is 28.7 Å². The van der Waals surface area contributed by atoms with Gasteiger partial charge in [0, 0.05) is 33.7 Å². The molecule has 7 N–H and O–H groups in total. The molecular weight excluding hydrogens is 988 g/mol. The van der Waals surface area contributed by atoms with Gasteiger partial charge in [0.25, 0.3) is 5.30 Å². The maximum absolute atomic E-state index is 13.5. The molecule has 7 rings (SSSR count). The number of hydrogen-bond acceptors (Lipinski definition) is 13. The van der Waals surface area contributed by atoms with E-state index in [1.54, 1.807) is 79.7 Å². The van der Waals surface area contributed by atoms with Gasteiger partial charge >= 0.3 is 30.8 Å². The van der Waals surface area contributed by atoms with Crippen LogP contribution in [0.15, 0.2) is 152 Å². The lowest BCUT2D eigenvalue weighted by Crippen LogP contribution is -2.28. The zero-order valence-electron chi connectivity index (χ0n) is 36.8. The van der Waals surface area contributed by atoms with Gasteiger partial charge in [-0.05, 0) is 132 Å². The number of ketones is 2. The van der Waals surface area contributed by atoms with Crippen molar-refractivity contribution in [2.24, 2.45) is 0 Å². The summed E-state index contributed by atoms with van der Waals surface area (Å²) in [6, 6.07) is 36.4. The molecule has 4 atom stereocenters. The number of methoxy groups -OCH3 is 1. The van der Waals surface area contributed by atoms with E-state index in [2.05, 4.69) is 9.35 Å². The molecule has 0 heterocycles. The van der Waals surface area contributed by atoms with Crippen LogP contribution in [0.2, 0.25) is 0 Å². The van der Waals surface area contributed by atoms with Gasteiger partial charge in [-0.25, -0.2) is 10.5 Å². The van der Waals surface area contributed by atoms with Crippen molar-refractivity contribution in [2.45, 2.75) is 19.3 Å². The van der Waals surface area contributed by atoms with Gasteiger partial charge in [0.2, 0.25) is 0 Å². The van der Waals surface area contributed by atoms with Crippen LogP contribution >= 0.6 is 30.8 Å². The summed E-state index contributed by atoms with van der Waals surface area (Å²) in [5.74, 6) is -0.468. The Hall–Kier alpha value is -6.29. The summed E-state index contributed by atoms with van der Waals surface area (Å²) in [6.07, 6.45) is 0. The van der Waals surface area contributed by atoms with Gasteiger partial charge in [0.05, 0.1) is 17.7 Å². The predicted octanol–water partition coefficient (Wildman–Crippen LogP) is 8.17. The Morgan fingerprint density at radius 1 is 0.543 bits per heavy atom. The molecule has 0 spiro atoms. The molecule has 22 heteroatoms. The van der Waals surface area contributed by atoms with Crippen molar-refractivity contribution in [1.29, 1.82) is 0 Å². The summed E-state index contributed by atoms with van der Waals surface area (Å²) >= 11 is 0. The molecule has 0 aliphatic rings. The quantitative estimate of drug-likeness (QED) is 0.0140. The average Bonchev–Trinajstić information content (AvgIpc) is 3.36. The fourth-order valence-electron chi connectivity index (χ4n) is 7.51. The summed E-state index contributed by atoms with van der Waals surface area (Å²) in [5.41, 5.74) is 1.11. The summed E-state index contributed by atoms with van der Waals surface area (Å²) in [5, 5.41) is 16.5. The van der Waals surface area contributed by atoms with E-state index >= 15 is 0 Å². The van der Waals surface area contributed by atoms with Crippen LogP contribution in [0.4, 0.5) is 0 Å². The standard InChI is InChI=1S/C48H40O18P4/c1-29-4-6-30(7-5-29)46(49)31-8-18-38(19-9-31)64-41-23-14-34(26-43(41)67(53)54)48(2,35-15-24-42(62-3)45(27-35)70(60,61)66-52)33-12-20-37(21-13-33)63-36-16-10-32(11-17-36)47(50)40-28-39(69(58,59)65-51)22-25-44(40)68(55,56)57/h4-28H,1-3H3,(H6-,51,52,53,54,55,56,57,58,59,60,61)/p+1. The van der Waals surface area contributed by atoms with Gasteiger partial charge in [-0.2, -0.15) is 4.89 Å². The molecular formula is C48H41O18P4+. The number of ether oxygens (including phenoxy) is 3. The van der Waals surface area contributed by atoms with Crippen molar-refractivity contribution in [1.82, 2.24) is 0 Å². The van der Waals surface area contributed by atoms with Gasteiger partial charge in [-0.15, -0.1) is 9.35 Å². The number of benzene rings is 7. The van der Waals surface area contributed by atoms with Gasteiger partial charge in [0.1, 0.15) is 28.3 Å². The monoisotopic (exact) mass is 1030 g/mol. The van der Waals surface area contributed by atoms with E-state index in [-0.39, 0.29) is 50.7 Å². The Morgan fingerprint density at radius 3 is 1.53 bits per heavy atom. The molecule has 0 bridgehead atoms. The number of aryl methyl sites for hydroxylation is 1. The van der Waals surface area contributed by atoms with Crippen LogP contribution in [-0.4, -0.2) is 53.7 Å². The number of rotatable bonds is 18. The van der Waals surface area contributed by atoms with E-state index in [0.29, 0.717) is 27.8 Å². The molecule has 360 valence electrons. The van der Waals surface area contributed by atoms with Crippen LogP contribution in [0.25, 0.3) is 0 Å². The molecule has 0 radical (unpaired) electrons. The highest BCUT2D eigenvalue weighted by Crippen LogP contribution is 2.47. The van der Waals surface area contributed by atoms with Gasteiger partial charge in [-0.1, -0.05) is 54.1 Å². The molecule has 0 aromatic heterocycles. The van der Waals surface area contributed by atoms with Gasteiger partial charge in [-0.3, -0.25) is 23.3 Å². The molecule has 0 aliphatic heterocycles. The lowest BCUT2D eigenvalue weighted by atomic mass is 9.71. The minimum absolute atomic E-state index is 0.0239. The summed E-state index contributed by atoms with van der Waals surface area (Å²) in [4.78, 5) is 77.6. The number of hydrogen-bond donors (Lipinski definition) is 7. The highest BCUT2D eigenvalue weighted by Gasteiger charge is 2.38. The highest BCUT2D eigenvalue weighted by molar-refractivity contribution is 7.62. The fourth-order valence-corrected chi connectivity index (χ4v) is 10.3. The summed E-state index contributed by atoms with van der Waals surface area (Å²) < 4.78 is 75.7. The van der Waals surface area contributed by atoms with Crippen molar-refractivity contribution < 1.29 is 86.4 Å². The molecule has 0 amide bonds. The maximum atomic E-state index is 13.5. The Kier molecular flexibility index (Phi) is 15.2. The molecule has 0 saturated carbocycles. The van der Waals surface area contributed by atoms with Crippen LogP contribution in [0, 0.1) is 6.92 Å². The van der Waals surface area contributed by atoms with E-state index in [1.165, 1.54) is 55.6 Å². The lowest BCUT2D eigenvalue weighted by Gasteiger charge is -2.33. The SMILES string of the molecule is COc1ccc(C(C)(c2ccc(Oc3ccc(C(=O)c4cc(P(=O)(O)OO)ccc4P(=O)(O)O)cc3)cc2)c2ccc(Oc3ccc(C(=O)c4ccc(C)cc4)cc3)c([P+](=O)O)c2)cc1P(=O)(O)OO. The zero-order chi connectivity index (χ0) is 50.8. The van der Waals surface area contributed by atoms with Crippen LogP contribution in [0.1, 0.15) is 61.0 Å². The van der Waals surface area contributed by atoms with E-state index in [9.17, 15) is 57.6 Å². The van der Waals surface area contributed by atoms with Crippen molar-refractivity contribution in [2.75, 3.05) is 7.11 Å². The maximum Gasteiger partial charge on any atom is 0.550 e. The first-order valence-corrected chi connectivity index (χ1v) is 26.4. The molecule has 70 heavy (non-hydrogen) atoms. The van der Waals surface area contributed by atoms with Crippen molar-refractivity contribution in [3.8, 4) is 28.7 Å². The topological polar surface area (TPSA) is 290 Å². The minimum atomic E-state index is -5.08. The minimum Gasteiger partial charge on any atom is -0.496 e. The zero-order valence-corrected chi connectivity index (χ0v) is 40.4. The molecule has 4 unspecified atom stereocenters. The first-order valence-electron chi connectivity index (χ1n) is 20.4. The third-order valence-electron chi connectivity index (χ3n) is 11.3. The first-order chi connectivity index (χ1) is 33.1. The highest BCUT2D eigenvalue weighted by atomic mass is 31.2. The lowest BCUT2D eigenvalue weighted by molar-refractivity contribution is -0.143. The van der Waals surface area contributed by atoms with E-state index in [1.807, 2.05) is 19.1 Å². The molecule has 18 nitrogen and oxygen atoms in total. The molecule has 7 aromatic carbocycles. The smallest absolute Gasteiger partial charge is 0.496 e. The van der Waals surface area contributed by atoms with E-state index in [0.717, 1.165) is 23.8 Å². The third kappa shape index (κ3) is 10.9. The predicted molar refractivity (Wildman–Crippen MR) is 256 cm³/mol. The van der Waals surface area contributed by atoms with Crippen LogP contribution < -0.4 is 35.4 Å². The van der Waals surface area contributed by atoms with Crippen molar-refractivity contribution >= 4 is 63.6 Å². The average molecular weight is 1030 g/mol. The molecule has 7 aromatic rings. The third-order valence-corrected chi connectivity index (χ3v) is 15.4. The Bertz CT molecular complexity index is 3280. The first kappa shape index (κ1) is 51.6. The number of carbonyl (C=O) groups excluding carboxylic acids is 2. The fraction of sp³-hybridized carbons (Fsp3) is 0.0833.